The van der Waals surface area contributed by atoms with E-state index in [0.29, 0.717) is 0 Å². The third-order valence-corrected chi connectivity index (χ3v) is 2.59. The van der Waals surface area contributed by atoms with Gasteiger partial charge in [0.1, 0.15) is 0 Å². The van der Waals surface area contributed by atoms with E-state index in [9.17, 15) is 4.79 Å². The Kier molecular flexibility index (Phi) is 6.07. The van der Waals surface area contributed by atoms with Crippen molar-refractivity contribution in [2.24, 2.45) is 0 Å². The van der Waals surface area contributed by atoms with Crippen LogP contribution in [0, 0.1) is 0 Å². The Labute approximate surface area is 96.7 Å². The molecule has 0 aromatic rings. The number of carboxylic acids is 1. The lowest BCUT2D eigenvalue weighted by atomic mass is 10.2. The second-order valence-corrected chi connectivity index (χ2v) is 4.00. The van der Waals surface area contributed by atoms with Gasteiger partial charge < -0.3 is 5.11 Å². The monoisotopic (exact) mass is 227 g/mol. The summed E-state index contributed by atoms with van der Waals surface area (Å²) in [4.78, 5) is 10.3. The van der Waals surface area contributed by atoms with Gasteiger partial charge in [-0.25, -0.2) is 10.0 Å². The van der Waals surface area contributed by atoms with Crippen LogP contribution in [0.1, 0.15) is 25.7 Å². The van der Waals surface area contributed by atoms with Crippen molar-refractivity contribution in [3.8, 4) is 0 Å². The number of carbonyl (C=O) groups is 1. The van der Waals surface area contributed by atoms with E-state index >= 15 is 0 Å². The summed E-state index contributed by atoms with van der Waals surface area (Å²) in [5.41, 5.74) is 3.29. The standard InChI is InChI=1S/C11H21N3O2/c1-2-3-7-13-9-10-14(12-13)8-5-4-6-11(15)16/h2,12H,1,3-10H2,(H,15,16). The number of hydrogen-bond donors (Lipinski definition) is 2. The summed E-state index contributed by atoms with van der Waals surface area (Å²) >= 11 is 0. The van der Waals surface area contributed by atoms with Crippen LogP contribution in [0.15, 0.2) is 12.7 Å². The summed E-state index contributed by atoms with van der Waals surface area (Å²) in [5, 5.41) is 12.8. The molecule has 0 spiro atoms. The maximum Gasteiger partial charge on any atom is 0.303 e. The van der Waals surface area contributed by atoms with Crippen molar-refractivity contribution in [3.05, 3.63) is 12.7 Å². The summed E-state index contributed by atoms with van der Waals surface area (Å²) in [6.45, 7) is 7.61. The lowest BCUT2D eigenvalue weighted by Gasteiger charge is -2.18. The van der Waals surface area contributed by atoms with Crippen LogP contribution in [-0.2, 0) is 4.79 Å². The Morgan fingerprint density at radius 2 is 2.00 bits per heavy atom. The summed E-state index contributed by atoms with van der Waals surface area (Å²) in [7, 11) is 0. The highest BCUT2D eigenvalue weighted by atomic mass is 16.4. The van der Waals surface area contributed by atoms with E-state index in [1.54, 1.807) is 0 Å². The molecule has 2 N–H and O–H groups in total. The number of unbranched alkanes of at least 4 members (excludes halogenated alkanes) is 1. The van der Waals surface area contributed by atoms with E-state index in [1.807, 2.05) is 6.08 Å². The molecule has 1 aliphatic rings. The van der Waals surface area contributed by atoms with Crippen LogP contribution in [-0.4, -0.2) is 47.3 Å². The lowest BCUT2D eigenvalue weighted by Crippen LogP contribution is -2.40. The molecule has 0 atom stereocenters. The number of nitrogens with zero attached hydrogens (tertiary/aromatic N) is 2. The van der Waals surface area contributed by atoms with Gasteiger partial charge in [0.05, 0.1) is 0 Å². The highest BCUT2D eigenvalue weighted by Crippen LogP contribution is 2.03. The van der Waals surface area contributed by atoms with Crippen LogP contribution in [0.3, 0.4) is 0 Å². The van der Waals surface area contributed by atoms with E-state index in [4.69, 9.17) is 5.11 Å². The van der Waals surface area contributed by atoms with E-state index in [1.165, 1.54) is 0 Å². The van der Waals surface area contributed by atoms with Crippen LogP contribution in [0.5, 0.6) is 0 Å². The highest BCUT2D eigenvalue weighted by molar-refractivity contribution is 5.66. The van der Waals surface area contributed by atoms with Crippen molar-refractivity contribution in [2.45, 2.75) is 25.7 Å². The number of nitrogens with one attached hydrogen (secondary N) is 1. The van der Waals surface area contributed by atoms with Gasteiger partial charge in [0.15, 0.2) is 0 Å². The number of hydrazine groups is 2. The molecule has 5 heteroatoms. The Bertz CT molecular complexity index is 233. The predicted molar refractivity (Wildman–Crippen MR) is 62.6 cm³/mol. The van der Waals surface area contributed by atoms with Crippen LogP contribution in [0.4, 0.5) is 0 Å². The van der Waals surface area contributed by atoms with Gasteiger partial charge >= 0.3 is 5.97 Å². The number of carboxylic acid groups (broad SMARTS) is 1. The molecule has 0 aromatic carbocycles. The molecule has 1 saturated heterocycles. The normalized spacial score (nSPS) is 17.8. The fourth-order valence-electron chi connectivity index (χ4n) is 1.69. The van der Waals surface area contributed by atoms with Crippen molar-refractivity contribution in [1.82, 2.24) is 15.6 Å². The molecule has 1 rings (SSSR count). The second kappa shape index (κ2) is 7.38. The zero-order valence-electron chi connectivity index (χ0n) is 9.69. The van der Waals surface area contributed by atoms with Gasteiger partial charge in [0.2, 0.25) is 0 Å². The first-order valence-corrected chi connectivity index (χ1v) is 5.81. The smallest absolute Gasteiger partial charge is 0.303 e. The first-order valence-electron chi connectivity index (χ1n) is 5.81. The summed E-state index contributed by atoms with van der Waals surface area (Å²) < 4.78 is 0. The van der Waals surface area contributed by atoms with Gasteiger partial charge in [-0.2, -0.15) is 5.53 Å². The third-order valence-electron chi connectivity index (χ3n) is 2.59. The Hall–Kier alpha value is -0.910. The molecule has 0 aliphatic carbocycles. The Balaban J connectivity index is 2.02. The Morgan fingerprint density at radius 1 is 1.31 bits per heavy atom. The number of rotatable bonds is 8. The molecule has 0 saturated carbocycles. The predicted octanol–water partition coefficient (Wildman–Crippen LogP) is 0.855. The van der Waals surface area contributed by atoms with Crippen LogP contribution in [0.2, 0.25) is 0 Å². The largest absolute Gasteiger partial charge is 0.481 e. The zero-order chi connectivity index (χ0) is 11.8. The minimum atomic E-state index is -0.706. The van der Waals surface area contributed by atoms with Gasteiger partial charge in [-0.1, -0.05) is 6.08 Å². The molecule has 1 fully saturated rings. The molecule has 0 amide bonds. The first kappa shape index (κ1) is 13.2. The lowest BCUT2D eigenvalue weighted by molar-refractivity contribution is -0.137. The fraction of sp³-hybridized carbons (Fsp3) is 0.727. The molecule has 1 aliphatic heterocycles. The van der Waals surface area contributed by atoms with Gasteiger partial charge in [0.25, 0.3) is 0 Å². The number of aliphatic carboxylic acids is 1. The molecule has 92 valence electrons. The number of hydrogen-bond acceptors (Lipinski definition) is 4. The van der Waals surface area contributed by atoms with E-state index in [-0.39, 0.29) is 6.42 Å². The van der Waals surface area contributed by atoms with Crippen LogP contribution < -0.4 is 5.53 Å². The van der Waals surface area contributed by atoms with Crippen molar-refractivity contribution >= 4 is 5.97 Å². The van der Waals surface area contributed by atoms with Crippen molar-refractivity contribution in [1.29, 1.82) is 0 Å². The summed E-state index contributed by atoms with van der Waals surface area (Å²) in [6.07, 6.45) is 4.85. The molecule has 0 bridgehead atoms. The van der Waals surface area contributed by atoms with E-state index < -0.39 is 5.97 Å². The first-order chi connectivity index (χ1) is 7.72. The van der Waals surface area contributed by atoms with E-state index in [2.05, 4.69) is 22.1 Å². The van der Waals surface area contributed by atoms with Gasteiger partial charge in [-0.15, -0.1) is 6.58 Å². The maximum atomic E-state index is 10.3. The topological polar surface area (TPSA) is 55.8 Å². The van der Waals surface area contributed by atoms with Crippen molar-refractivity contribution < 1.29 is 9.90 Å². The minimum Gasteiger partial charge on any atom is -0.481 e. The average molecular weight is 227 g/mol. The van der Waals surface area contributed by atoms with E-state index in [0.717, 1.165) is 45.4 Å². The van der Waals surface area contributed by atoms with Gasteiger partial charge in [0, 0.05) is 32.6 Å². The summed E-state index contributed by atoms with van der Waals surface area (Å²) in [5.74, 6) is -0.706. The Morgan fingerprint density at radius 3 is 2.62 bits per heavy atom. The van der Waals surface area contributed by atoms with Crippen molar-refractivity contribution in [3.63, 3.8) is 0 Å². The highest BCUT2D eigenvalue weighted by Gasteiger charge is 2.17. The molecule has 16 heavy (non-hydrogen) atoms. The van der Waals surface area contributed by atoms with Crippen LogP contribution in [0.25, 0.3) is 0 Å². The molecule has 1 heterocycles. The SMILES string of the molecule is C=CCCN1CCN(CCCCC(=O)O)N1. The molecular formula is C11H21N3O2. The van der Waals surface area contributed by atoms with Crippen molar-refractivity contribution in [2.75, 3.05) is 26.2 Å². The second-order valence-electron chi connectivity index (χ2n) is 4.00. The quantitative estimate of drug-likeness (QED) is 0.476. The zero-order valence-corrected chi connectivity index (χ0v) is 9.69. The van der Waals surface area contributed by atoms with Gasteiger partial charge in [-0.3, -0.25) is 4.79 Å². The molecular weight excluding hydrogens is 206 g/mol. The fourth-order valence-corrected chi connectivity index (χ4v) is 1.69. The maximum absolute atomic E-state index is 10.3. The van der Waals surface area contributed by atoms with Crippen LogP contribution >= 0.6 is 0 Å². The third kappa shape index (κ3) is 5.25. The molecule has 0 aromatic heterocycles. The molecule has 5 nitrogen and oxygen atoms in total. The van der Waals surface area contributed by atoms with Gasteiger partial charge in [-0.05, 0) is 19.3 Å². The summed E-state index contributed by atoms with van der Waals surface area (Å²) in [6, 6.07) is 0. The average Bonchev–Trinajstić information content (AvgIpc) is 2.69. The molecule has 0 radical (unpaired) electrons. The molecule has 0 unspecified atom stereocenters. The minimum absolute atomic E-state index is 0.272.